The third-order valence-corrected chi connectivity index (χ3v) is 4.55. The minimum absolute atomic E-state index is 0.0671. The van der Waals surface area contributed by atoms with Crippen LogP contribution in [-0.4, -0.2) is 34.8 Å². The first-order valence-corrected chi connectivity index (χ1v) is 7.33. The van der Waals surface area contributed by atoms with Crippen molar-refractivity contribution in [3.8, 4) is 0 Å². The van der Waals surface area contributed by atoms with Gasteiger partial charge in [0.2, 0.25) is 11.8 Å². The lowest BCUT2D eigenvalue weighted by Crippen LogP contribution is -2.62. The van der Waals surface area contributed by atoms with Crippen LogP contribution in [0.4, 0.5) is 0 Å². The molecule has 5 nitrogen and oxygen atoms in total. The molecule has 1 saturated heterocycles. The van der Waals surface area contributed by atoms with Gasteiger partial charge in [-0.3, -0.25) is 9.59 Å². The summed E-state index contributed by atoms with van der Waals surface area (Å²) in [5, 5.41) is 0. The maximum absolute atomic E-state index is 12.7. The third-order valence-electron chi connectivity index (χ3n) is 4.55. The summed E-state index contributed by atoms with van der Waals surface area (Å²) in [6.07, 6.45) is 6.11. The molecule has 5 heteroatoms. The average Bonchev–Trinajstić information content (AvgIpc) is 2.37. The van der Waals surface area contributed by atoms with Crippen LogP contribution in [0.3, 0.4) is 0 Å². The second-order valence-corrected chi connectivity index (χ2v) is 6.27. The number of rotatable bonds is 2. The molecule has 1 aliphatic carbocycles. The van der Waals surface area contributed by atoms with Crippen molar-refractivity contribution in [3.63, 3.8) is 0 Å². The highest BCUT2D eigenvalue weighted by molar-refractivity contribution is 5.91. The molecule has 108 valence electrons. The Labute approximate surface area is 114 Å². The number of amides is 2. The Morgan fingerprint density at radius 3 is 2.58 bits per heavy atom. The average molecular weight is 267 g/mol. The Bertz CT molecular complexity index is 372. The van der Waals surface area contributed by atoms with E-state index in [9.17, 15) is 9.59 Å². The lowest BCUT2D eigenvalue weighted by atomic mass is 9.75. The molecule has 2 aliphatic rings. The highest BCUT2D eigenvalue weighted by Crippen LogP contribution is 2.33. The van der Waals surface area contributed by atoms with E-state index in [1.54, 1.807) is 4.90 Å². The monoisotopic (exact) mass is 267 g/mol. The Morgan fingerprint density at radius 1 is 1.21 bits per heavy atom. The normalized spacial score (nSPS) is 36.0. The fourth-order valence-electron chi connectivity index (χ4n) is 3.54. The van der Waals surface area contributed by atoms with Crippen LogP contribution in [-0.2, 0) is 9.59 Å². The molecule has 0 aromatic rings. The fourth-order valence-corrected chi connectivity index (χ4v) is 3.54. The van der Waals surface area contributed by atoms with E-state index in [-0.39, 0.29) is 5.91 Å². The minimum Gasteiger partial charge on any atom is -0.368 e. The van der Waals surface area contributed by atoms with Crippen LogP contribution in [0.25, 0.3) is 0 Å². The van der Waals surface area contributed by atoms with E-state index in [1.165, 1.54) is 0 Å². The highest BCUT2D eigenvalue weighted by atomic mass is 16.2. The van der Waals surface area contributed by atoms with Crippen molar-refractivity contribution >= 4 is 11.8 Å². The van der Waals surface area contributed by atoms with Gasteiger partial charge in [0.1, 0.15) is 6.04 Å². The number of nitrogens with zero attached hydrogens (tertiary/aromatic N) is 1. The quantitative estimate of drug-likeness (QED) is 0.774. The van der Waals surface area contributed by atoms with Gasteiger partial charge in [-0.1, -0.05) is 19.8 Å². The Hall–Kier alpha value is -1.10. The molecular formula is C14H25N3O2. The summed E-state index contributed by atoms with van der Waals surface area (Å²) in [7, 11) is 0. The summed E-state index contributed by atoms with van der Waals surface area (Å²) in [6.45, 7) is 2.75. The zero-order chi connectivity index (χ0) is 14.0. The number of nitrogens with two attached hydrogens (primary N) is 2. The van der Waals surface area contributed by atoms with Crippen LogP contribution in [0.15, 0.2) is 0 Å². The predicted molar refractivity (Wildman–Crippen MR) is 73.1 cm³/mol. The maximum Gasteiger partial charge on any atom is 0.243 e. The molecule has 3 unspecified atom stereocenters. The molecule has 0 spiro atoms. The molecule has 0 radical (unpaired) electrons. The van der Waals surface area contributed by atoms with Gasteiger partial charge in [-0.15, -0.1) is 0 Å². The van der Waals surface area contributed by atoms with Gasteiger partial charge in [0.25, 0.3) is 0 Å². The summed E-state index contributed by atoms with van der Waals surface area (Å²) in [5.41, 5.74) is 11.0. The Balaban J connectivity index is 2.14. The smallest absolute Gasteiger partial charge is 0.243 e. The van der Waals surface area contributed by atoms with Crippen LogP contribution < -0.4 is 11.5 Å². The molecule has 1 saturated carbocycles. The van der Waals surface area contributed by atoms with Gasteiger partial charge in [-0.2, -0.15) is 0 Å². The number of primary amides is 1. The fraction of sp³-hybridized carbons (Fsp3) is 0.857. The zero-order valence-corrected chi connectivity index (χ0v) is 11.7. The van der Waals surface area contributed by atoms with Gasteiger partial charge in [-0.25, -0.2) is 0 Å². The van der Waals surface area contributed by atoms with E-state index in [4.69, 9.17) is 11.5 Å². The van der Waals surface area contributed by atoms with Crippen LogP contribution >= 0.6 is 0 Å². The van der Waals surface area contributed by atoms with Gasteiger partial charge < -0.3 is 16.4 Å². The Morgan fingerprint density at radius 2 is 1.95 bits per heavy atom. The standard InChI is InChI=1S/C14H25N3O2/c1-10-5-4-7-14(16,9-10)13(19)17-8-3-2-6-11(17)12(15)18/h10-11H,2-9,16H2,1H3,(H2,15,18). The first-order chi connectivity index (χ1) is 8.94. The van der Waals surface area contributed by atoms with E-state index in [2.05, 4.69) is 6.92 Å². The molecule has 2 amide bonds. The Kier molecular flexibility index (Phi) is 4.13. The van der Waals surface area contributed by atoms with Crippen molar-refractivity contribution in [3.05, 3.63) is 0 Å². The van der Waals surface area contributed by atoms with Crippen molar-refractivity contribution in [1.82, 2.24) is 4.90 Å². The third kappa shape index (κ3) is 2.91. The summed E-state index contributed by atoms with van der Waals surface area (Å²) < 4.78 is 0. The second kappa shape index (κ2) is 5.49. The molecule has 19 heavy (non-hydrogen) atoms. The second-order valence-electron chi connectivity index (χ2n) is 6.27. The molecule has 0 aromatic heterocycles. The van der Waals surface area contributed by atoms with E-state index in [0.29, 0.717) is 25.3 Å². The van der Waals surface area contributed by atoms with Gasteiger partial charge in [0, 0.05) is 6.54 Å². The predicted octanol–water partition coefficient (Wildman–Crippen LogP) is 0.760. The minimum atomic E-state index is -0.789. The molecule has 0 bridgehead atoms. The SMILES string of the molecule is CC1CCCC(N)(C(=O)N2CCCCC2C(N)=O)C1. The van der Waals surface area contributed by atoms with E-state index in [0.717, 1.165) is 32.1 Å². The summed E-state index contributed by atoms with van der Waals surface area (Å²) in [4.78, 5) is 25.9. The molecular weight excluding hydrogens is 242 g/mol. The number of hydrogen-bond acceptors (Lipinski definition) is 3. The number of piperidine rings is 1. The van der Waals surface area contributed by atoms with Crippen LogP contribution in [0.2, 0.25) is 0 Å². The van der Waals surface area contributed by atoms with Crippen LogP contribution in [0.1, 0.15) is 51.9 Å². The zero-order valence-electron chi connectivity index (χ0n) is 11.7. The van der Waals surface area contributed by atoms with Crippen molar-refractivity contribution in [2.75, 3.05) is 6.54 Å². The lowest BCUT2D eigenvalue weighted by Gasteiger charge is -2.42. The number of carbonyl (C=O) groups excluding carboxylic acids is 2. The first kappa shape index (κ1) is 14.3. The van der Waals surface area contributed by atoms with Crippen molar-refractivity contribution in [2.45, 2.75) is 63.5 Å². The van der Waals surface area contributed by atoms with Crippen molar-refractivity contribution in [2.24, 2.45) is 17.4 Å². The molecule has 2 fully saturated rings. The molecule has 1 aliphatic heterocycles. The molecule has 4 N–H and O–H groups in total. The van der Waals surface area contributed by atoms with E-state index in [1.807, 2.05) is 0 Å². The summed E-state index contributed by atoms with van der Waals surface area (Å²) in [6, 6.07) is -0.459. The van der Waals surface area contributed by atoms with E-state index >= 15 is 0 Å². The van der Waals surface area contributed by atoms with Crippen LogP contribution in [0, 0.1) is 5.92 Å². The van der Waals surface area contributed by atoms with Crippen molar-refractivity contribution in [1.29, 1.82) is 0 Å². The summed E-state index contributed by atoms with van der Waals surface area (Å²) >= 11 is 0. The largest absolute Gasteiger partial charge is 0.368 e. The van der Waals surface area contributed by atoms with E-state index < -0.39 is 17.5 Å². The topological polar surface area (TPSA) is 89.4 Å². The molecule has 3 atom stereocenters. The van der Waals surface area contributed by atoms with Gasteiger partial charge >= 0.3 is 0 Å². The lowest BCUT2D eigenvalue weighted by molar-refractivity contribution is -0.147. The number of carbonyl (C=O) groups is 2. The summed E-state index contributed by atoms with van der Waals surface area (Å²) in [5.74, 6) is 0.00239. The van der Waals surface area contributed by atoms with Crippen molar-refractivity contribution < 1.29 is 9.59 Å². The molecule has 0 aromatic carbocycles. The van der Waals surface area contributed by atoms with Crippen LogP contribution in [0.5, 0.6) is 0 Å². The van der Waals surface area contributed by atoms with Gasteiger partial charge in [-0.05, 0) is 38.0 Å². The highest BCUT2D eigenvalue weighted by Gasteiger charge is 2.43. The number of likely N-dealkylation sites (tertiary alicyclic amines) is 1. The molecule has 1 heterocycles. The number of hydrogen-bond donors (Lipinski definition) is 2. The maximum atomic E-state index is 12.7. The first-order valence-electron chi connectivity index (χ1n) is 7.33. The van der Waals surface area contributed by atoms with Gasteiger partial charge in [0.15, 0.2) is 0 Å². The molecule has 2 rings (SSSR count). The van der Waals surface area contributed by atoms with Gasteiger partial charge in [0.05, 0.1) is 5.54 Å².